The first-order valence-electron chi connectivity index (χ1n) is 5.82. The highest BCUT2D eigenvalue weighted by Crippen LogP contribution is 2.39. The molecule has 0 aliphatic carbocycles. The summed E-state index contributed by atoms with van der Waals surface area (Å²) in [6.45, 7) is 3.58. The van der Waals surface area contributed by atoms with Gasteiger partial charge in [0, 0.05) is 5.92 Å². The third-order valence-electron chi connectivity index (χ3n) is 2.65. The van der Waals surface area contributed by atoms with Crippen LogP contribution in [0.4, 0.5) is 8.78 Å². The van der Waals surface area contributed by atoms with Crippen molar-refractivity contribution in [2.45, 2.75) is 25.7 Å². The summed E-state index contributed by atoms with van der Waals surface area (Å²) in [5.41, 5.74) is -0.295. The van der Waals surface area contributed by atoms with Crippen molar-refractivity contribution >= 4 is 0 Å². The first kappa shape index (κ1) is 13.5. The summed E-state index contributed by atoms with van der Waals surface area (Å²) in [7, 11) is 1.34. The average molecular weight is 268 g/mol. The second-order valence-corrected chi connectivity index (χ2v) is 4.37. The van der Waals surface area contributed by atoms with E-state index in [1.54, 1.807) is 19.9 Å². The number of rotatable bonds is 4. The normalized spacial score (nSPS) is 11.9. The minimum Gasteiger partial charge on any atom is -0.496 e. The van der Waals surface area contributed by atoms with Gasteiger partial charge in [0.2, 0.25) is 5.89 Å². The standard InChI is InChI=1S/C13H14F2N2O2/c1-8(2)11-16-17-12(19-11)13(14,15)9-6-4-5-7-10(9)18-3/h4-8H,1-3H3. The van der Waals surface area contributed by atoms with Crippen LogP contribution in [0.3, 0.4) is 0 Å². The van der Waals surface area contributed by atoms with Crippen LogP contribution < -0.4 is 4.74 Å². The number of halogens is 2. The molecule has 0 radical (unpaired) electrons. The Morgan fingerprint density at radius 2 is 1.89 bits per heavy atom. The van der Waals surface area contributed by atoms with Gasteiger partial charge in [0.05, 0.1) is 12.7 Å². The number of benzene rings is 1. The van der Waals surface area contributed by atoms with Gasteiger partial charge >= 0.3 is 5.92 Å². The van der Waals surface area contributed by atoms with Gasteiger partial charge in [-0.15, -0.1) is 10.2 Å². The lowest BCUT2D eigenvalue weighted by atomic mass is 10.1. The lowest BCUT2D eigenvalue weighted by molar-refractivity contribution is 0.00960. The van der Waals surface area contributed by atoms with Crippen LogP contribution in [0.1, 0.15) is 37.1 Å². The number of nitrogens with zero attached hydrogens (tertiary/aromatic N) is 2. The maximum atomic E-state index is 14.3. The number of hydrogen-bond donors (Lipinski definition) is 0. The fourth-order valence-electron chi connectivity index (χ4n) is 1.61. The van der Waals surface area contributed by atoms with Gasteiger partial charge in [-0.1, -0.05) is 26.0 Å². The van der Waals surface area contributed by atoms with Crippen LogP contribution in [-0.4, -0.2) is 17.3 Å². The van der Waals surface area contributed by atoms with Crippen molar-refractivity contribution in [1.29, 1.82) is 0 Å². The van der Waals surface area contributed by atoms with Crippen molar-refractivity contribution in [3.8, 4) is 5.75 Å². The highest BCUT2D eigenvalue weighted by atomic mass is 19.3. The van der Waals surface area contributed by atoms with Gasteiger partial charge < -0.3 is 9.15 Å². The number of ether oxygens (including phenoxy) is 1. The van der Waals surface area contributed by atoms with Crippen LogP contribution in [-0.2, 0) is 5.92 Å². The van der Waals surface area contributed by atoms with Gasteiger partial charge in [-0.3, -0.25) is 0 Å². The molecule has 0 atom stereocenters. The molecule has 6 heteroatoms. The van der Waals surface area contributed by atoms with Crippen LogP contribution in [0.2, 0.25) is 0 Å². The molecule has 102 valence electrons. The molecule has 0 aliphatic rings. The minimum atomic E-state index is -3.38. The van der Waals surface area contributed by atoms with Crippen molar-refractivity contribution in [3.05, 3.63) is 41.6 Å². The van der Waals surface area contributed by atoms with E-state index in [0.29, 0.717) is 0 Å². The Morgan fingerprint density at radius 3 is 2.47 bits per heavy atom. The quantitative estimate of drug-likeness (QED) is 0.853. The molecule has 2 rings (SSSR count). The van der Waals surface area contributed by atoms with Crippen LogP contribution in [0.15, 0.2) is 28.7 Å². The Bertz CT molecular complexity index is 567. The highest BCUT2D eigenvalue weighted by Gasteiger charge is 2.42. The molecule has 0 unspecified atom stereocenters. The molecule has 1 aromatic heterocycles. The molecule has 0 saturated heterocycles. The summed E-state index contributed by atoms with van der Waals surface area (Å²) in [6, 6.07) is 5.86. The van der Waals surface area contributed by atoms with E-state index >= 15 is 0 Å². The molecule has 0 N–H and O–H groups in total. The number of hydrogen-bond acceptors (Lipinski definition) is 4. The molecule has 0 fully saturated rings. The first-order valence-corrected chi connectivity index (χ1v) is 5.82. The fraction of sp³-hybridized carbons (Fsp3) is 0.385. The van der Waals surface area contributed by atoms with E-state index in [1.807, 2.05) is 0 Å². The van der Waals surface area contributed by atoms with E-state index in [4.69, 9.17) is 9.15 Å². The Morgan fingerprint density at radius 1 is 1.21 bits per heavy atom. The molecule has 0 amide bonds. The van der Waals surface area contributed by atoms with Crippen molar-refractivity contribution in [2.24, 2.45) is 0 Å². The molecule has 1 heterocycles. The highest BCUT2D eigenvalue weighted by molar-refractivity contribution is 5.39. The Labute approximate surface area is 109 Å². The van der Waals surface area contributed by atoms with Crippen molar-refractivity contribution in [1.82, 2.24) is 10.2 Å². The topological polar surface area (TPSA) is 48.2 Å². The Hall–Kier alpha value is -1.98. The Kier molecular flexibility index (Phi) is 3.50. The van der Waals surface area contributed by atoms with E-state index in [2.05, 4.69) is 10.2 Å². The van der Waals surface area contributed by atoms with Gasteiger partial charge in [-0.05, 0) is 12.1 Å². The molecular formula is C13H14F2N2O2. The molecule has 1 aromatic carbocycles. The van der Waals surface area contributed by atoms with Gasteiger partial charge in [0.25, 0.3) is 5.89 Å². The average Bonchev–Trinajstić information content (AvgIpc) is 2.89. The fourth-order valence-corrected chi connectivity index (χ4v) is 1.61. The minimum absolute atomic E-state index is 0.0804. The maximum Gasteiger partial charge on any atom is 0.352 e. The third kappa shape index (κ3) is 2.43. The van der Waals surface area contributed by atoms with Crippen LogP contribution >= 0.6 is 0 Å². The largest absolute Gasteiger partial charge is 0.496 e. The van der Waals surface area contributed by atoms with Crippen molar-refractivity contribution in [2.75, 3.05) is 7.11 Å². The zero-order valence-corrected chi connectivity index (χ0v) is 10.9. The summed E-state index contributed by atoms with van der Waals surface area (Å²) in [5.74, 6) is -3.94. The van der Waals surface area contributed by atoms with E-state index < -0.39 is 11.8 Å². The van der Waals surface area contributed by atoms with E-state index in [1.165, 1.54) is 25.3 Å². The van der Waals surface area contributed by atoms with Crippen molar-refractivity contribution < 1.29 is 17.9 Å². The molecule has 0 bridgehead atoms. The number of alkyl halides is 2. The third-order valence-corrected chi connectivity index (χ3v) is 2.65. The first-order chi connectivity index (χ1) is 8.96. The monoisotopic (exact) mass is 268 g/mol. The van der Waals surface area contributed by atoms with E-state index in [-0.39, 0.29) is 23.1 Å². The molecular weight excluding hydrogens is 254 g/mol. The molecule has 19 heavy (non-hydrogen) atoms. The van der Waals surface area contributed by atoms with E-state index in [0.717, 1.165) is 0 Å². The van der Waals surface area contributed by atoms with Crippen LogP contribution in [0, 0.1) is 0 Å². The number of aromatic nitrogens is 2. The van der Waals surface area contributed by atoms with Gasteiger partial charge in [-0.2, -0.15) is 8.78 Å². The van der Waals surface area contributed by atoms with Gasteiger partial charge in [-0.25, -0.2) is 0 Å². The Balaban J connectivity index is 2.45. The summed E-state index contributed by atoms with van der Waals surface area (Å²) in [6.07, 6.45) is 0. The lowest BCUT2D eigenvalue weighted by Crippen LogP contribution is -2.17. The van der Waals surface area contributed by atoms with Crippen molar-refractivity contribution in [3.63, 3.8) is 0 Å². The molecule has 0 spiro atoms. The molecule has 0 aliphatic heterocycles. The van der Waals surface area contributed by atoms with Crippen LogP contribution in [0.25, 0.3) is 0 Å². The second-order valence-electron chi connectivity index (χ2n) is 4.37. The predicted octanol–water partition coefficient (Wildman–Crippen LogP) is 3.34. The smallest absolute Gasteiger partial charge is 0.352 e. The van der Waals surface area contributed by atoms with Crippen LogP contribution in [0.5, 0.6) is 5.75 Å². The number of methoxy groups -OCH3 is 1. The lowest BCUT2D eigenvalue weighted by Gasteiger charge is -2.15. The molecule has 2 aromatic rings. The zero-order chi connectivity index (χ0) is 14.0. The molecule has 0 saturated carbocycles. The zero-order valence-electron chi connectivity index (χ0n) is 10.9. The maximum absolute atomic E-state index is 14.3. The summed E-state index contributed by atoms with van der Waals surface area (Å²) >= 11 is 0. The van der Waals surface area contributed by atoms with E-state index in [9.17, 15) is 8.78 Å². The van der Waals surface area contributed by atoms with Gasteiger partial charge in [0.1, 0.15) is 5.75 Å². The predicted molar refractivity (Wildman–Crippen MR) is 64.4 cm³/mol. The van der Waals surface area contributed by atoms with Gasteiger partial charge in [0.15, 0.2) is 0 Å². The summed E-state index contributed by atoms with van der Waals surface area (Å²) < 4.78 is 38.6. The summed E-state index contributed by atoms with van der Waals surface area (Å²) in [4.78, 5) is 0. The second kappa shape index (κ2) is 4.95. The molecule has 4 nitrogen and oxygen atoms in total. The number of para-hydroxylation sites is 1. The SMILES string of the molecule is COc1ccccc1C(F)(F)c1nnc(C(C)C)o1. The summed E-state index contributed by atoms with van der Waals surface area (Å²) in [5, 5.41) is 7.06.